The highest BCUT2D eigenvalue weighted by molar-refractivity contribution is 5.76. The number of carbonyl (C=O) groups is 1. The van der Waals surface area contributed by atoms with Crippen molar-refractivity contribution in [1.29, 1.82) is 0 Å². The summed E-state index contributed by atoms with van der Waals surface area (Å²) in [5.74, 6) is 0.180. The Hall–Kier alpha value is -1.92. The fourth-order valence-electron chi connectivity index (χ4n) is 2.99. The topological polar surface area (TPSA) is 84.0 Å². The number of carbonyl (C=O) groups excluding carboxylic acids is 1. The molecule has 0 saturated heterocycles. The second-order valence-electron chi connectivity index (χ2n) is 6.46. The number of aromatic nitrogens is 2. The predicted octanol–water partition coefficient (Wildman–Crippen LogP) is 1.69. The van der Waals surface area contributed by atoms with Crippen LogP contribution >= 0.6 is 0 Å². The third-order valence-electron chi connectivity index (χ3n) is 4.61. The average Bonchev–Trinajstić information content (AvgIpc) is 2.44. The summed E-state index contributed by atoms with van der Waals surface area (Å²) in [4.78, 5) is 36.6. The summed E-state index contributed by atoms with van der Waals surface area (Å²) in [5.41, 5.74) is -2.06. The maximum atomic E-state index is 13.3. The van der Waals surface area contributed by atoms with Crippen molar-refractivity contribution in [3.63, 3.8) is 0 Å². The number of H-pyrrole nitrogens is 1. The first-order valence-corrected chi connectivity index (χ1v) is 7.62. The number of hydrogen-bond donors (Lipinski definition) is 2. The summed E-state index contributed by atoms with van der Waals surface area (Å²) in [7, 11) is 0. The first-order valence-electron chi connectivity index (χ1n) is 7.62. The van der Waals surface area contributed by atoms with Crippen LogP contribution in [-0.4, -0.2) is 21.6 Å². The van der Waals surface area contributed by atoms with Crippen molar-refractivity contribution in [3.8, 4) is 0 Å². The van der Waals surface area contributed by atoms with E-state index in [1.165, 1.54) is 0 Å². The second-order valence-corrected chi connectivity index (χ2v) is 6.46. The van der Waals surface area contributed by atoms with Crippen molar-refractivity contribution in [3.05, 3.63) is 32.9 Å². The monoisotopic (exact) mass is 311 g/mol. The van der Waals surface area contributed by atoms with Crippen LogP contribution in [0.4, 0.5) is 9.18 Å². The lowest BCUT2D eigenvalue weighted by Crippen LogP contribution is -2.48. The molecule has 22 heavy (non-hydrogen) atoms. The van der Waals surface area contributed by atoms with E-state index in [0.29, 0.717) is 28.5 Å². The van der Waals surface area contributed by atoms with Gasteiger partial charge in [-0.1, -0.05) is 20.8 Å². The summed E-state index contributed by atoms with van der Waals surface area (Å²) in [6.07, 6.45) is 3.59. The van der Waals surface area contributed by atoms with Crippen molar-refractivity contribution in [2.24, 2.45) is 17.8 Å². The van der Waals surface area contributed by atoms with Gasteiger partial charge in [0.25, 0.3) is 5.56 Å². The Morgan fingerprint density at radius 2 is 2.09 bits per heavy atom. The first kappa shape index (κ1) is 16.5. The van der Waals surface area contributed by atoms with E-state index < -0.39 is 23.1 Å². The minimum Gasteiger partial charge on any atom is -0.334 e. The Morgan fingerprint density at radius 1 is 1.41 bits per heavy atom. The third-order valence-corrected chi connectivity index (χ3v) is 4.61. The number of rotatable bonds is 2. The molecule has 0 spiro atoms. The summed E-state index contributed by atoms with van der Waals surface area (Å²) in [6, 6.07) is -0.767. The molecule has 0 bridgehead atoms. The number of nitrogens with zero attached hydrogens (tertiary/aromatic N) is 1. The third kappa shape index (κ3) is 3.45. The van der Waals surface area contributed by atoms with E-state index in [-0.39, 0.29) is 6.04 Å². The van der Waals surface area contributed by atoms with E-state index in [9.17, 15) is 18.8 Å². The van der Waals surface area contributed by atoms with Gasteiger partial charge < -0.3 is 5.32 Å². The molecule has 7 heteroatoms. The number of halogens is 1. The number of nitrogens with one attached hydrogen (secondary N) is 2. The van der Waals surface area contributed by atoms with E-state index in [4.69, 9.17) is 0 Å². The smallest absolute Gasteiger partial charge is 0.334 e. The quantitative estimate of drug-likeness (QED) is 0.872. The molecule has 122 valence electrons. The van der Waals surface area contributed by atoms with Crippen LogP contribution in [0.15, 0.2) is 15.8 Å². The molecule has 3 unspecified atom stereocenters. The predicted molar refractivity (Wildman–Crippen MR) is 80.3 cm³/mol. The average molecular weight is 311 g/mol. The molecule has 1 aromatic rings. The van der Waals surface area contributed by atoms with Gasteiger partial charge in [0.15, 0.2) is 0 Å². The molecule has 0 aromatic carbocycles. The van der Waals surface area contributed by atoms with Gasteiger partial charge in [-0.3, -0.25) is 9.78 Å². The molecular weight excluding hydrogens is 289 g/mol. The highest BCUT2D eigenvalue weighted by Gasteiger charge is 2.30. The maximum Gasteiger partial charge on any atom is 0.336 e. The van der Waals surface area contributed by atoms with Gasteiger partial charge in [-0.25, -0.2) is 14.2 Å². The van der Waals surface area contributed by atoms with Crippen molar-refractivity contribution in [2.45, 2.75) is 46.1 Å². The maximum absolute atomic E-state index is 13.3. The van der Waals surface area contributed by atoms with Gasteiger partial charge in [0.1, 0.15) is 0 Å². The van der Waals surface area contributed by atoms with Gasteiger partial charge in [-0.15, -0.1) is 0 Å². The lowest BCUT2D eigenvalue weighted by atomic mass is 9.75. The van der Waals surface area contributed by atoms with Crippen molar-refractivity contribution >= 4 is 6.03 Å². The molecular formula is C15H22FN3O3. The van der Waals surface area contributed by atoms with Gasteiger partial charge in [0, 0.05) is 6.04 Å². The molecule has 0 aliphatic heterocycles. The summed E-state index contributed by atoms with van der Waals surface area (Å²) < 4.78 is 13.8. The molecule has 1 heterocycles. The lowest BCUT2D eigenvalue weighted by molar-refractivity contribution is 0.177. The molecule has 1 saturated carbocycles. The van der Waals surface area contributed by atoms with Crippen molar-refractivity contribution in [1.82, 2.24) is 14.9 Å². The fraction of sp³-hybridized carbons (Fsp3) is 0.667. The molecule has 3 atom stereocenters. The Morgan fingerprint density at radius 3 is 2.73 bits per heavy atom. The van der Waals surface area contributed by atoms with Crippen LogP contribution in [-0.2, 0) is 0 Å². The second kappa shape index (κ2) is 6.46. The largest absolute Gasteiger partial charge is 0.336 e. The zero-order valence-electron chi connectivity index (χ0n) is 13.1. The van der Waals surface area contributed by atoms with Gasteiger partial charge in [0.2, 0.25) is 5.82 Å². The molecule has 6 nitrogen and oxygen atoms in total. The Balaban J connectivity index is 2.15. The highest BCUT2D eigenvalue weighted by atomic mass is 19.1. The zero-order valence-corrected chi connectivity index (χ0v) is 13.1. The minimum absolute atomic E-state index is 0.0597. The van der Waals surface area contributed by atoms with Crippen LogP contribution in [0.5, 0.6) is 0 Å². The summed E-state index contributed by atoms with van der Waals surface area (Å²) >= 11 is 0. The molecule has 2 rings (SSSR count). The highest BCUT2D eigenvalue weighted by Crippen LogP contribution is 2.33. The van der Waals surface area contributed by atoms with Gasteiger partial charge >= 0.3 is 11.7 Å². The number of amides is 1. The van der Waals surface area contributed by atoms with E-state index >= 15 is 0 Å². The van der Waals surface area contributed by atoms with E-state index in [1.54, 1.807) is 4.98 Å². The summed E-state index contributed by atoms with van der Waals surface area (Å²) in [5, 5.41) is 2.79. The van der Waals surface area contributed by atoms with Gasteiger partial charge in [-0.2, -0.15) is 4.39 Å². The van der Waals surface area contributed by atoms with Gasteiger partial charge in [-0.05, 0) is 37.0 Å². The van der Waals surface area contributed by atoms with Crippen molar-refractivity contribution < 1.29 is 9.18 Å². The van der Waals surface area contributed by atoms with Crippen LogP contribution < -0.4 is 16.6 Å². The van der Waals surface area contributed by atoms with E-state index in [0.717, 1.165) is 19.3 Å². The number of hydrogen-bond acceptors (Lipinski definition) is 3. The molecule has 1 aliphatic carbocycles. The SMILES string of the molecule is CC(C)C1CCC(C)C(NC(=O)n2cc(F)c(=O)[nH]c2=O)C1. The zero-order chi connectivity index (χ0) is 16.4. The van der Waals surface area contributed by atoms with Gasteiger partial charge in [0.05, 0.1) is 6.20 Å². The van der Waals surface area contributed by atoms with Crippen LogP contribution in [0.3, 0.4) is 0 Å². The first-order chi connectivity index (χ1) is 10.3. The number of aromatic amines is 1. The lowest BCUT2D eigenvalue weighted by Gasteiger charge is -2.36. The molecule has 0 radical (unpaired) electrons. The Kier molecular flexibility index (Phi) is 4.83. The van der Waals surface area contributed by atoms with Crippen LogP contribution in [0.1, 0.15) is 40.0 Å². The summed E-state index contributed by atoms with van der Waals surface area (Å²) in [6.45, 7) is 6.36. The van der Waals surface area contributed by atoms with E-state index in [1.807, 2.05) is 0 Å². The van der Waals surface area contributed by atoms with Crippen LogP contribution in [0, 0.1) is 23.6 Å². The normalized spacial score (nSPS) is 25.2. The van der Waals surface area contributed by atoms with Crippen molar-refractivity contribution in [2.75, 3.05) is 0 Å². The Labute approximate surface area is 127 Å². The standard InChI is InChI=1S/C15H22FN3O3/c1-8(2)10-5-4-9(3)12(6-10)17-14(21)19-7-11(16)13(20)18-15(19)22/h7-10,12H,4-6H2,1-3H3,(H,17,21)(H,18,20,22). The molecule has 1 amide bonds. The van der Waals surface area contributed by atoms with Crippen LogP contribution in [0.25, 0.3) is 0 Å². The Bertz CT molecular complexity index is 665. The van der Waals surface area contributed by atoms with E-state index in [2.05, 4.69) is 26.1 Å². The fourth-order valence-corrected chi connectivity index (χ4v) is 2.99. The molecule has 1 fully saturated rings. The van der Waals surface area contributed by atoms with Crippen LogP contribution in [0.2, 0.25) is 0 Å². The minimum atomic E-state index is -1.16. The molecule has 1 aliphatic rings. The molecule has 2 N–H and O–H groups in total. The molecule has 1 aromatic heterocycles.